The third-order valence-corrected chi connectivity index (χ3v) is 4.18. The summed E-state index contributed by atoms with van der Waals surface area (Å²) in [5.74, 6) is 0.167. The Balaban J connectivity index is 1.82. The SMILES string of the molecule is NC(Cc1ccc(O)cc1)C(=O)NC1CCCCCCC1. The molecule has 0 heterocycles. The Kier molecular flexibility index (Phi) is 6.05. The number of aromatic hydroxyl groups is 1. The highest BCUT2D eigenvalue weighted by atomic mass is 16.3. The zero-order chi connectivity index (χ0) is 15.1. The van der Waals surface area contributed by atoms with Gasteiger partial charge in [-0.1, -0.05) is 44.2 Å². The maximum absolute atomic E-state index is 12.2. The lowest BCUT2D eigenvalue weighted by Crippen LogP contribution is -2.46. The van der Waals surface area contributed by atoms with E-state index in [-0.39, 0.29) is 17.7 Å². The molecule has 1 aliphatic carbocycles. The van der Waals surface area contributed by atoms with E-state index in [0.29, 0.717) is 6.42 Å². The van der Waals surface area contributed by atoms with Crippen LogP contribution in [-0.2, 0) is 11.2 Å². The van der Waals surface area contributed by atoms with Gasteiger partial charge in [-0.2, -0.15) is 0 Å². The highest BCUT2D eigenvalue weighted by Crippen LogP contribution is 2.17. The van der Waals surface area contributed by atoms with Gasteiger partial charge in [-0.25, -0.2) is 0 Å². The van der Waals surface area contributed by atoms with E-state index in [0.717, 1.165) is 18.4 Å². The Morgan fingerprint density at radius 2 is 1.71 bits per heavy atom. The first kappa shape index (κ1) is 15.8. The summed E-state index contributed by atoms with van der Waals surface area (Å²) in [6, 6.07) is 6.60. The third-order valence-electron chi connectivity index (χ3n) is 4.18. The van der Waals surface area contributed by atoms with Gasteiger partial charge in [-0.05, 0) is 37.0 Å². The van der Waals surface area contributed by atoms with Crippen LogP contribution in [0.2, 0.25) is 0 Å². The lowest BCUT2D eigenvalue weighted by Gasteiger charge is -2.23. The molecule has 0 bridgehead atoms. The standard InChI is InChI=1S/C17H26N2O2/c18-16(12-13-8-10-15(20)11-9-13)17(21)19-14-6-4-2-1-3-5-7-14/h8-11,14,16,20H,1-7,12,18H2,(H,19,21). The molecule has 1 unspecified atom stereocenters. The summed E-state index contributed by atoms with van der Waals surface area (Å²) >= 11 is 0. The van der Waals surface area contributed by atoms with Crippen LogP contribution in [0.5, 0.6) is 5.75 Å². The van der Waals surface area contributed by atoms with Crippen LogP contribution < -0.4 is 11.1 Å². The van der Waals surface area contributed by atoms with Crippen molar-refractivity contribution in [3.05, 3.63) is 29.8 Å². The topological polar surface area (TPSA) is 75.3 Å². The van der Waals surface area contributed by atoms with Gasteiger partial charge in [0.15, 0.2) is 0 Å². The Morgan fingerprint density at radius 3 is 2.33 bits per heavy atom. The quantitative estimate of drug-likeness (QED) is 0.797. The highest BCUT2D eigenvalue weighted by molar-refractivity contribution is 5.82. The first-order valence-electron chi connectivity index (χ1n) is 7.99. The largest absolute Gasteiger partial charge is 0.508 e. The van der Waals surface area contributed by atoms with E-state index < -0.39 is 6.04 Å². The molecule has 1 saturated carbocycles. The number of carbonyl (C=O) groups is 1. The molecule has 0 radical (unpaired) electrons. The summed E-state index contributed by atoms with van der Waals surface area (Å²) in [4.78, 5) is 12.2. The average Bonchev–Trinajstić information content (AvgIpc) is 2.44. The van der Waals surface area contributed by atoms with Gasteiger partial charge in [0.25, 0.3) is 0 Å². The second kappa shape index (κ2) is 8.03. The third kappa shape index (κ3) is 5.38. The number of nitrogens with two attached hydrogens (primary N) is 1. The van der Waals surface area contributed by atoms with Crippen molar-refractivity contribution >= 4 is 5.91 Å². The molecule has 0 aliphatic heterocycles. The molecule has 0 spiro atoms. The second-order valence-electron chi connectivity index (χ2n) is 6.03. The number of hydrogen-bond donors (Lipinski definition) is 3. The van der Waals surface area contributed by atoms with E-state index in [1.165, 1.54) is 32.1 Å². The maximum Gasteiger partial charge on any atom is 0.237 e. The van der Waals surface area contributed by atoms with Crippen LogP contribution in [0.25, 0.3) is 0 Å². The molecule has 116 valence electrons. The number of amides is 1. The van der Waals surface area contributed by atoms with Crippen LogP contribution in [0.15, 0.2) is 24.3 Å². The predicted molar refractivity (Wildman–Crippen MR) is 84.0 cm³/mol. The average molecular weight is 290 g/mol. The van der Waals surface area contributed by atoms with Gasteiger partial charge in [-0.15, -0.1) is 0 Å². The van der Waals surface area contributed by atoms with Gasteiger partial charge in [0.1, 0.15) is 5.75 Å². The van der Waals surface area contributed by atoms with Crippen molar-refractivity contribution in [3.8, 4) is 5.75 Å². The van der Waals surface area contributed by atoms with Gasteiger partial charge >= 0.3 is 0 Å². The Labute approximate surface area is 126 Å². The fraction of sp³-hybridized carbons (Fsp3) is 0.588. The minimum Gasteiger partial charge on any atom is -0.508 e. The minimum atomic E-state index is -0.528. The molecule has 1 amide bonds. The Morgan fingerprint density at radius 1 is 1.14 bits per heavy atom. The van der Waals surface area contributed by atoms with E-state index in [1.54, 1.807) is 24.3 Å². The van der Waals surface area contributed by atoms with Gasteiger partial charge in [0, 0.05) is 6.04 Å². The molecule has 0 aromatic heterocycles. The molecule has 1 fully saturated rings. The number of rotatable bonds is 4. The number of hydrogen-bond acceptors (Lipinski definition) is 3. The van der Waals surface area contributed by atoms with Crippen molar-refractivity contribution < 1.29 is 9.90 Å². The van der Waals surface area contributed by atoms with Crippen LogP contribution in [-0.4, -0.2) is 23.1 Å². The molecule has 21 heavy (non-hydrogen) atoms. The number of benzene rings is 1. The van der Waals surface area contributed by atoms with Gasteiger partial charge < -0.3 is 16.2 Å². The van der Waals surface area contributed by atoms with Crippen LogP contribution in [0, 0.1) is 0 Å². The first-order valence-corrected chi connectivity index (χ1v) is 7.99. The van der Waals surface area contributed by atoms with E-state index in [1.807, 2.05) is 0 Å². The molecule has 4 heteroatoms. The Bertz CT molecular complexity index is 437. The zero-order valence-electron chi connectivity index (χ0n) is 12.6. The lowest BCUT2D eigenvalue weighted by atomic mass is 9.96. The summed E-state index contributed by atoms with van der Waals surface area (Å²) < 4.78 is 0. The smallest absolute Gasteiger partial charge is 0.237 e. The molecule has 1 atom stereocenters. The summed E-state index contributed by atoms with van der Waals surface area (Å²) in [5.41, 5.74) is 6.97. The number of phenolic OH excluding ortho intramolecular Hbond substituents is 1. The monoisotopic (exact) mass is 290 g/mol. The van der Waals surface area contributed by atoms with E-state index in [2.05, 4.69) is 5.32 Å². The summed E-state index contributed by atoms with van der Waals surface area (Å²) in [5, 5.41) is 12.4. The van der Waals surface area contributed by atoms with E-state index in [9.17, 15) is 9.90 Å². The normalized spacial score (nSPS) is 18.5. The maximum atomic E-state index is 12.2. The van der Waals surface area contributed by atoms with Crippen molar-refractivity contribution in [2.75, 3.05) is 0 Å². The first-order chi connectivity index (χ1) is 10.1. The summed E-state index contributed by atoms with van der Waals surface area (Å²) in [6.45, 7) is 0. The summed E-state index contributed by atoms with van der Waals surface area (Å²) in [6.07, 6.45) is 8.88. The molecule has 4 nitrogen and oxygen atoms in total. The van der Waals surface area contributed by atoms with Gasteiger partial charge in [0.05, 0.1) is 6.04 Å². The Hall–Kier alpha value is -1.55. The van der Waals surface area contributed by atoms with Gasteiger partial charge in [-0.3, -0.25) is 4.79 Å². The van der Waals surface area contributed by atoms with Crippen LogP contribution in [0.4, 0.5) is 0 Å². The summed E-state index contributed by atoms with van der Waals surface area (Å²) in [7, 11) is 0. The number of phenols is 1. The van der Waals surface area contributed by atoms with Crippen LogP contribution in [0.1, 0.15) is 50.5 Å². The fourth-order valence-electron chi connectivity index (χ4n) is 2.89. The highest BCUT2D eigenvalue weighted by Gasteiger charge is 2.19. The van der Waals surface area contributed by atoms with E-state index >= 15 is 0 Å². The van der Waals surface area contributed by atoms with E-state index in [4.69, 9.17) is 5.73 Å². The molecule has 0 saturated heterocycles. The second-order valence-corrected chi connectivity index (χ2v) is 6.03. The fourth-order valence-corrected chi connectivity index (χ4v) is 2.89. The van der Waals surface area contributed by atoms with Crippen LogP contribution in [0.3, 0.4) is 0 Å². The number of carbonyl (C=O) groups excluding carboxylic acids is 1. The molecule has 4 N–H and O–H groups in total. The molecule has 1 aliphatic rings. The van der Waals surface area contributed by atoms with Crippen molar-refractivity contribution in [1.29, 1.82) is 0 Å². The van der Waals surface area contributed by atoms with Gasteiger partial charge in [0.2, 0.25) is 5.91 Å². The molecule has 1 aromatic rings. The molecule has 1 aromatic carbocycles. The van der Waals surface area contributed by atoms with Crippen molar-refractivity contribution in [3.63, 3.8) is 0 Å². The van der Waals surface area contributed by atoms with Crippen LogP contribution >= 0.6 is 0 Å². The molecular weight excluding hydrogens is 264 g/mol. The molecular formula is C17H26N2O2. The van der Waals surface area contributed by atoms with Crippen molar-refractivity contribution in [2.45, 2.75) is 63.5 Å². The lowest BCUT2D eigenvalue weighted by molar-refractivity contribution is -0.123. The number of nitrogens with one attached hydrogen (secondary N) is 1. The molecule has 2 rings (SSSR count). The van der Waals surface area contributed by atoms with Crippen molar-refractivity contribution in [1.82, 2.24) is 5.32 Å². The predicted octanol–water partition coefficient (Wildman–Crippen LogP) is 2.49. The zero-order valence-corrected chi connectivity index (χ0v) is 12.6. The van der Waals surface area contributed by atoms with Crippen molar-refractivity contribution in [2.24, 2.45) is 5.73 Å². The minimum absolute atomic E-state index is 0.0614.